The van der Waals surface area contributed by atoms with Gasteiger partial charge in [0.15, 0.2) is 9.84 Å². The maximum Gasteiger partial charge on any atom is 0.303 e. The minimum absolute atomic E-state index is 0.00684. The van der Waals surface area contributed by atoms with E-state index >= 15 is 0 Å². The maximum atomic E-state index is 12.3. The van der Waals surface area contributed by atoms with Gasteiger partial charge in [-0.2, -0.15) is 0 Å². The number of carboxylic acid groups (broad SMARTS) is 1. The standard InChI is InChI=1S/C14H20O5S/c1-10(2)9-20(17,18)13-8-11(5-7-14(15)16)4-6-12(13)19-3/h4,6,8,10H,5,7,9H2,1-3H3,(H,15,16). The average molecular weight is 300 g/mol. The number of hydrogen-bond donors (Lipinski definition) is 1. The van der Waals surface area contributed by atoms with Gasteiger partial charge in [-0.25, -0.2) is 8.42 Å². The van der Waals surface area contributed by atoms with Crippen molar-refractivity contribution < 1.29 is 23.1 Å². The number of aliphatic carboxylic acids is 1. The number of carboxylic acids is 1. The summed E-state index contributed by atoms with van der Waals surface area (Å²) in [6.45, 7) is 3.66. The van der Waals surface area contributed by atoms with Crippen LogP contribution in [0.25, 0.3) is 0 Å². The summed E-state index contributed by atoms with van der Waals surface area (Å²) in [5.41, 5.74) is 0.676. The molecular formula is C14H20O5S. The predicted octanol–water partition coefficient (Wildman–Crippen LogP) is 2.14. The Morgan fingerprint density at radius 1 is 1.35 bits per heavy atom. The van der Waals surface area contributed by atoms with Crippen LogP contribution < -0.4 is 4.74 Å². The molecule has 1 aromatic carbocycles. The third-order valence-corrected chi connectivity index (χ3v) is 4.84. The summed E-state index contributed by atoms with van der Waals surface area (Å²) < 4.78 is 29.7. The highest BCUT2D eigenvalue weighted by Gasteiger charge is 2.21. The number of hydrogen-bond acceptors (Lipinski definition) is 4. The lowest BCUT2D eigenvalue weighted by molar-refractivity contribution is -0.136. The van der Waals surface area contributed by atoms with E-state index in [0.29, 0.717) is 17.7 Å². The minimum Gasteiger partial charge on any atom is -0.495 e. The lowest BCUT2D eigenvalue weighted by Crippen LogP contribution is -2.13. The van der Waals surface area contributed by atoms with Crippen LogP contribution in [0.1, 0.15) is 25.8 Å². The van der Waals surface area contributed by atoms with Gasteiger partial charge in [-0.15, -0.1) is 0 Å². The number of methoxy groups -OCH3 is 1. The van der Waals surface area contributed by atoms with Crippen molar-refractivity contribution in [1.82, 2.24) is 0 Å². The van der Waals surface area contributed by atoms with E-state index < -0.39 is 15.8 Å². The molecule has 1 rings (SSSR count). The van der Waals surface area contributed by atoms with Crippen molar-refractivity contribution in [3.05, 3.63) is 23.8 Å². The van der Waals surface area contributed by atoms with Crippen LogP contribution in [0.5, 0.6) is 5.75 Å². The number of rotatable bonds is 7. The molecule has 0 heterocycles. The number of sulfone groups is 1. The Hall–Kier alpha value is -1.56. The Morgan fingerprint density at radius 3 is 2.50 bits per heavy atom. The predicted molar refractivity (Wildman–Crippen MR) is 75.8 cm³/mol. The highest BCUT2D eigenvalue weighted by Crippen LogP contribution is 2.27. The van der Waals surface area contributed by atoms with Crippen molar-refractivity contribution in [2.75, 3.05) is 12.9 Å². The van der Waals surface area contributed by atoms with Crippen molar-refractivity contribution >= 4 is 15.8 Å². The van der Waals surface area contributed by atoms with Crippen molar-refractivity contribution in [2.45, 2.75) is 31.6 Å². The highest BCUT2D eigenvalue weighted by molar-refractivity contribution is 7.91. The number of benzene rings is 1. The monoisotopic (exact) mass is 300 g/mol. The third-order valence-electron chi connectivity index (χ3n) is 2.74. The number of ether oxygens (including phenoxy) is 1. The van der Waals surface area contributed by atoms with E-state index in [1.807, 2.05) is 13.8 Å². The van der Waals surface area contributed by atoms with Crippen LogP contribution in [0.15, 0.2) is 23.1 Å². The second-order valence-corrected chi connectivity index (χ2v) is 7.06. The summed E-state index contributed by atoms with van der Waals surface area (Å²) in [4.78, 5) is 10.7. The molecule has 6 heteroatoms. The fraction of sp³-hybridized carbons (Fsp3) is 0.500. The molecule has 1 N–H and O–H groups in total. The lowest BCUT2D eigenvalue weighted by Gasteiger charge is -2.12. The van der Waals surface area contributed by atoms with Gasteiger partial charge in [0.2, 0.25) is 0 Å². The minimum atomic E-state index is -3.44. The largest absolute Gasteiger partial charge is 0.495 e. The Morgan fingerprint density at radius 2 is 2.00 bits per heavy atom. The summed E-state index contributed by atoms with van der Waals surface area (Å²) in [5.74, 6) is -0.573. The molecular weight excluding hydrogens is 280 g/mol. The Kier molecular flexibility index (Phi) is 5.56. The van der Waals surface area contributed by atoms with E-state index in [4.69, 9.17) is 9.84 Å². The van der Waals surface area contributed by atoms with E-state index in [1.54, 1.807) is 12.1 Å². The van der Waals surface area contributed by atoms with E-state index in [2.05, 4.69) is 0 Å². The van der Waals surface area contributed by atoms with Crippen LogP contribution in [0.2, 0.25) is 0 Å². The fourth-order valence-corrected chi connectivity index (χ4v) is 3.75. The van der Waals surface area contributed by atoms with E-state index in [1.165, 1.54) is 13.2 Å². The molecule has 0 spiro atoms. The van der Waals surface area contributed by atoms with Gasteiger partial charge >= 0.3 is 5.97 Å². The van der Waals surface area contributed by atoms with Crippen LogP contribution in [-0.4, -0.2) is 32.4 Å². The molecule has 0 aliphatic heterocycles. The van der Waals surface area contributed by atoms with Crippen LogP contribution in [0.3, 0.4) is 0 Å². The summed E-state index contributed by atoms with van der Waals surface area (Å²) in [6, 6.07) is 4.78. The summed E-state index contributed by atoms with van der Waals surface area (Å²) in [5, 5.41) is 8.68. The molecule has 0 bridgehead atoms. The fourth-order valence-electron chi connectivity index (χ4n) is 1.90. The quantitative estimate of drug-likeness (QED) is 0.834. The van der Waals surface area contributed by atoms with E-state index in [-0.39, 0.29) is 23.0 Å². The lowest BCUT2D eigenvalue weighted by atomic mass is 10.1. The zero-order valence-corrected chi connectivity index (χ0v) is 12.7. The first-order valence-corrected chi connectivity index (χ1v) is 8.03. The molecule has 20 heavy (non-hydrogen) atoms. The van der Waals surface area contributed by atoms with Gasteiger partial charge in [-0.1, -0.05) is 19.9 Å². The molecule has 0 amide bonds. The molecule has 0 atom stereocenters. The van der Waals surface area contributed by atoms with Gasteiger partial charge in [0.1, 0.15) is 10.6 Å². The molecule has 1 aromatic rings. The second-order valence-electron chi connectivity index (χ2n) is 5.05. The molecule has 0 saturated carbocycles. The van der Waals surface area contributed by atoms with Gasteiger partial charge in [0, 0.05) is 6.42 Å². The van der Waals surface area contributed by atoms with Gasteiger partial charge in [0.25, 0.3) is 0 Å². The van der Waals surface area contributed by atoms with Crippen molar-refractivity contribution in [2.24, 2.45) is 5.92 Å². The topological polar surface area (TPSA) is 80.7 Å². The number of aryl methyl sites for hydroxylation is 1. The van der Waals surface area contributed by atoms with Gasteiger partial charge in [0.05, 0.1) is 12.9 Å². The molecule has 0 radical (unpaired) electrons. The zero-order chi connectivity index (χ0) is 15.3. The summed E-state index contributed by atoms with van der Waals surface area (Å²) in [6.07, 6.45) is 0.263. The first-order valence-electron chi connectivity index (χ1n) is 6.37. The smallest absolute Gasteiger partial charge is 0.303 e. The zero-order valence-electron chi connectivity index (χ0n) is 11.9. The second kappa shape index (κ2) is 6.74. The van der Waals surface area contributed by atoms with Crippen LogP contribution in [0.4, 0.5) is 0 Å². The van der Waals surface area contributed by atoms with E-state index in [0.717, 1.165) is 0 Å². The molecule has 0 saturated heterocycles. The van der Waals surface area contributed by atoms with Crippen LogP contribution in [-0.2, 0) is 21.1 Å². The van der Waals surface area contributed by atoms with Gasteiger partial charge in [-0.3, -0.25) is 4.79 Å². The summed E-state index contributed by atoms with van der Waals surface area (Å²) >= 11 is 0. The van der Waals surface area contributed by atoms with Crippen molar-refractivity contribution in [3.63, 3.8) is 0 Å². The van der Waals surface area contributed by atoms with Gasteiger partial charge < -0.3 is 9.84 Å². The highest BCUT2D eigenvalue weighted by atomic mass is 32.2. The molecule has 5 nitrogen and oxygen atoms in total. The Bertz CT molecular complexity index is 575. The van der Waals surface area contributed by atoms with Gasteiger partial charge in [-0.05, 0) is 30.0 Å². The normalized spacial score (nSPS) is 11.6. The Balaban J connectivity index is 3.15. The third kappa shape index (κ3) is 4.52. The maximum absolute atomic E-state index is 12.3. The molecule has 0 aromatic heterocycles. The molecule has 0 aliphatic rings. The molecule has 0 aliphatic carbocycles. The van der Waals surface area contributed by atoms with Crippen molar-refractivity contribution in [3.8, 4) is 5.75 Å². The average Bonchev–Trinajstić information content (AvgIpc) is 2.34. The Labute approximate surface area is 119 Å². The van der Waals surface area contributed by atoms with E-state index in [9.17, 15) is 13.2 Å². The SMILES string of the molecule is COc1ccc(CCC(=O)O)cc1S(=O)(=O)CC(C)C. The molecule has 0 unspecified atom stereocenters. The first-order chi connectivity index (χ1) is 9.26. The van der Waals surface area contributed by atoms with Crippen molar-refractivity contribution in [1.29, 1.82) is 0 Å². The first kappa shape index (κ1) is 16.5. The van der Waals surface area contributed by atoms with Crippen LogP contribution in [0, 0.1) is 5.92 Å². The molecule has 112 valence electrons. The summed E-state index contributed by atoms with van der Waals surface area (Å²) in [7, 11) is -2.02. The molecule has 0 fully saturated rings. The van der Waals surface area contributed by atoms with Crippen LogP contribution >= 0.6 is 0 Å². The number of carbonyl (C=O) groups is 1.